The number of amidine groups is 1. The molecule has 0 aliphatic carbocycles. The largest absolute Gasteiger partial charge is 0.861 e. The van der Waals surface area contributed by atoms with Crippen molar-refractivity contribution in [3.63, 3.8) is 0 Å². The summed E-state index contributed by atoms with van der Waals surface area (Å²) in [7, 11) is 0. The summed E-state index contributed by atoms with van der Waals surface area (Å²) in [5.74, 6) is -0.673. The average molecular weight is 492 g/mol. The molecule has 2 aliphatic rings. The van der Waals surface area contributed by atoms with E-state index in [0.29, 0.717) is 42.9 Å². The number of rotatable bonds is 6. The van der Waals surface area contributed by atoms with Crippen LogP contribution in [-0.2, 0) is 9.53 Å². The fourth-order valence-electron chi connectivity index (χ4n) is 3.45. The quantitative estimate of drug-likeness (QED) is 0.216. The zero-order valence-corrected chi connectivity index (χ0v) is 19.4. The molecular formula is C23H21N7O4S. The lowest BCUT2D eigenvalue weighted by atomic mass is 10.2. The molecule has 2 aromatic heterocycles. The van der Waals surface area contributed by atoms with Gasteiger partial charge in [-0.15, -0.1) is 5.01 Å². The number of anilines is 1. The molecule has 12 heteroatoms. The van der Waals surface area contributed by atoms with Crippen LogP contribution in [0.2, 0.25) is 0 Å². The highest BCUT2D eigenvalue weighted by atomic mass is 32.2. The lowest BCUT2D eigenvalue weighted by Gasteiger charge is -2.18. The molecule has 0 unspecified atom stereocenters. The normalized spacial score (nSPS) is 17.8. The van der Waals surface area contributed by atoms with Gasteiger partial charge in [0.2, 0.25) is 5.27 Å². The van der Waals surface area contributed by atoms with Gasteiger partial charge < -0.3 is 9.84 Å². The number of hydrogen-bond acceptors (Lipinski definition) is 10. The van der Waals surface area contributed by atoms with Crippen LogP contribution in [0.1, 0.15) is 5.69 Å². The van der Waals surface area contributed by atoms with Gasteiger partial charge in [0.15, 0.2) is 5.17 Å². The molecule has 0 N–H and O–H groups in total. The molecule has 1 amide bonds. The second-order valence-electron chi connectivity index (χ2n) is 7.48. The van der Waals surface area contributed by atoms with E-state index in [1.54, 1.807) is 30.6 Å². The number of morpholine rings is 1. The Balaban J connectivity index is 1.33. The number of carbonyl (C=O) groups is 1. The number of aromatic nitrogens is 3. The summed E-state index contributed by atoms with van der Waals surface area (Å²) in [6, 6.07) is 14.6. The van der Waals surface area contributed by atoms with E-state index in [9.17, 15) is 9.90 Å². The molecule has 178 valence electrons. The molecule has 0 saturated carbocycles. The van der Waals surface area contributed by atoms with E-state index >= 15 is 0 Å². The Labute approximate surface area is 205 Å². The van der Waals surface area contributed by atoms with Crippen LogP contribution in [0.25, 0.3) is 6.08 Å². The topological polar surface area (TPSA) is 123 Å². The zero-order chi connectivity index (χ0) is 24.0. The zero-order valence-electron chi connectivity index (χ0n) is 18.6. The van der Waals surface area contributed by atoms with Crippen LogP contribution >= 0.6 is 11.8 Å². The summed E-state index contributed by atoms with van der Waals surface area (Å²) in [5, 5.41) is 18.8. The number of amides is 1. The van der Waals surface area contributed by atoms with Crippen LogP contribution in [-0.4, -0.2) is 59.3 Å². The molecule has 2 aliphatic heterocycles. The number of carbonyl (C=O) groups excluding carboxylic acids is 1. The molecule has 0 radical (unpaired) electrons. The Bertz CT molecular complexity index is 1270. The third kappa shape index (κ3) is 5.39. The molecule has 1 fully saturated rings. The van der Waals surface area contributed by atoms with Crippen molar-refractivity contribution < 1.29 is 24.0 Å². The van der Waals surface area contributed by atoms with E-state index < -0.39 is 5.90 Å². The summed E-state index contributed by atoms with van der Waals surface area (Å²) in [5.41, 5.74) is 1.50. The fourth-order valence-corrected chi connectivity index (χ4v) is 4.25. The molecule has 4 heterocycles. The van der Waals surface area contributed by atoms with E-state index in [2.05, 4.69) is 20.2 Å². The second kappa shape index (κ2) is 10.5. The Kier molecular flexibility index (Phi) is 6.82. The van der Waals surface area contributed by atoms with Crippen molar-refractivity contribution in [3.05, 3.63) is 72.3 Å². The van der Waals surface area contributed by atoms with Crippen LogP contribution in [0.5, 0.6) is 0 Å². The van der Waals surface area contributed by atoms with E-state index in [4.69, 9.17) is 9.26 Å². The number of nitrogens with zero attached hydrogens (tertiary/aromatic N) is 7. The third-order valence-corrected chi connectivity index (χ3v) is 6.02. The van der Waals surface area contributed by atoms with Crippen molar-refractivity contribution in [2.45, 2.75) is 0 Å². The molecule has 0 spiro atoms. The standard InChI is InChI=1S/C23H21N7O4S/c31-20(26-21-15-29(27-34-21)28-10-12-33-13-11-28)16-35-23-25-19(14-17-6-4-5-9-24-17)22(32)30(23)18-7-2-1-3-8-18/h1-9,14-15H,10-13,16H2/b19-14+. The van der Waals surface area contributed by atoms with Gasteiger partial charge in [0, 0.05) is 11.9 Å². The molecule has 11 nitrogen and oxygen atoms in total. The molecule has 0 bridgehead atoms. The van der Waals surface area contributed by atoms with Gasteiger partial charge in [0.1, 0.15) is 5.70 Å². The Morgan fingerprint density at radius 1 is 1.17 bits per heavy atom. The van der Waals surface area contributed by atoms with Gasteiger partial charge in [-0.05, 0) is 36.2 Å². The maximum Gasteiger partial charge on any atom is 0.324 e. The Morgan fingerprint density at radius 3 is 2.74 bits per heavy atom. The minimum absolute atomic E-state index is 0.0371. The monoisotopic (exact) mass is 491 g/mol. The number of pyridine rings is 1. The van der Waals surface area contributed by atoms with Crippen LogP contribution in [0.3, 0.4) is 0 Å². The lowest BCUT2D eigenvalue weighted by molar-refractivity contribution is -0.759. The maximum absolute atomic E-state index is 13.2. The maximum atomic E-state index is 13.2. The Morgan fingerprint density at radius 2 is 1.97 bits per heavy atom. The van der Waals surface area contributed by atoms with E-state index in [-0.39, 0.29) is 23.2 Å². The highest BCUT2D eigenvalue weighted by molar-refractivity contribution is 8.14. The number of para-hydroxylation sites is 1. The fraction of sp³-hybridized carbons (Fsp3) is 0.217. The van der Waals surface area contributed by atoms with Gasteiger partial charge in [-0.1, -0.05) is 36.0 Å². The molecule has 35 heavy (non-hydrogen) atoms. The smallest absolute Gasteiger partial charge is 0.324 e. The second-order valence-corrected chi connectivity index (χ2v) is 8.42. The predicted molar refractivity (Wildman–Crippen MR) is 129 cm³/mol. The van der Waals surface area contributed by atoms with Gasteiger partial charge in [0.05, 0.1) is 42.5 Å². The lowest BCUT2D eigenvalue weighted by Crippen LogP contribution is -2.62. The summed E-state index contributed by atoms with van der Waals surface area (Å²) in [4.78, 5) is 28.9. The first-order valence-electron chi connectivity index (χ1n) is 10.9. The van der Waals surface area contributed by atoms with Gasteiger partial charge in [-0.2, -0.15) is 0 Å². The molecule has 3 aromatic rings. The number of hydrogen-bond donors (Lipinski definition) is 0. The minimum atomic E-state index is -0.439. The van der Waals surface area contributed by atoms with E-state index in [1.165, 1.54) is 9.69 Å². The highest BCUT2D eigenvalue weighted by Gasteiger charge is 2.32. The number of benzene rings is 1. The highest BCUT2D eigenvalue weighted by Crippen LogP contribution is 2.29. The van der Waals surface area contributed by atoms with Crippen molar-refractivity contribution in [3.8, 4) is 0 Å². The van der Waals surface area contributed by atoms with Crippen LogP contribution < -0.4 is 19.8 Å². The van der Waals surface area contributed by atoms with Crippen molar-refractivity contribution in [2.75, 3.05) is 42.0 Å². The molecule has 0 atom stereocenters. The summed E-state index contributed by atoms with van der Waals surface area (Å²) in [6.07, 6.45) is 4.82. The number of thioether (sulfide) groups is 1. The van der Waals surface area contributed by atoms with E-state index in [1.807, 2.05) is 41.4 Å². The van der Waals surface area contributed by atoms with Crippen molar-refractivity contribution >= 4 is 46.4 Å². The Hall–Kier alpha value is -4.03. The van der Waals surface area contributed by atoms with Crippen molar-refractivity contribution in [1.82, 2.24) is 10.3 Å². The van der Waals surface area contributed by atoms with Crippen LogP contribution in [0.4, 0.5) is 11.6 Å². The van der Waals surface area contributed by atoms with Crippen molar-refractivity contribution in [1.29, 1.82) is 0 Å². The summed E-state index contributed by atoms with van der Waals surface area (Å²) >= 11 is 1.12. The number of ether oxygens (including phenoxy) is 1. The molecule has 5 rings (SSSR count). The first kappa shape index (κ1) is 22.7. The summed E-state index contributed by atoms with van der Waals surface area (Å²) in [6.45, 7) is 2.52. The SMILES string of the molecule is O=C1/C(=C\c2ccccn2)N=C(SC/C([O-])=N/c2c[n+](N3CCOCC3)no2)N1c1ccccc1. The molecule has 1 saturated heterocycles. The summed E-state index contributed by atoms with van der Waals surface area (Å²) < 4.78 is 10.5. The van der Waals surface area contributed by atoms with Gasteiger partial charge in [-0.3, -0.25) is 19.2 Å². The average Bonchev–Trinajstić information content (AvgIpc) is 3.49. The van der Waals surface area contributed by atoms with E-state index in [0.717, 1.165) is 11.8 Å². The third-order valence-electron chi connectivity index (χ3n) is 5.10. The van der Waals surface area contributed by atoms with Crippen molar-refractivity contribution in [2.24, 2.45) is 9.98 Å². The van der Waals surface area contributed by atoms with Crippen LogP contribution in [0.15, 0.2) is 81.1 Å². The molecular weight excluding hydrogens is 470 g/mol. The number of aliphatic imine (C=N–C) groups is 2. The molecule has 1 aromatic carbocycles. The van der Waals surface area contributed by atoms with Crippen LogP contribution in [0, 0.1) is 0 Å². The first-order chi connectivity index (χ1) is 17.2. The van der Waals surface area contributed by atoms with Gasteiger partial charge >= 0.3 is 5.88 Å². The first-order valence-corrected chi connectivity index (χ1v) is 11.9. The van der Waals surface area contributed by atoms with Gasteiger partial charge in [-0.25, -0.2) is 9.98 Å². The predicted octanol–water partition coefficient (Wildman–Crippen LogP) is 0.893. The van der Waals surface area contributed by atoms with Gasteiger partial charge in [0.25, 0.3) is 12.1 Å². The minimum Gasteiger partial charge on any atom is -0.861 e.